The first-order valence-corrected chi connectivity index (χ1v) is 9.25. The largest absolute Gasteiger partial charge is 0.479 e. The van der Waals surface area contributed by atoms with E-state index < -0.39 is 30.0 Å². The molecule has 1 N–H and O–H groups in total. The van der Waals surface area contributed by atoms with Crippen LogP contribution in [0.15, 0.2) is 60.8 Å². The van der Waals surface area contributed by atoms with Gasteiger partial charge in [-0.25, -0.2) is 9.78 Å². The van der Waals surface area contributed by atoms with Gasteiger partial charge in [0.2, 0.25) is 11.7 Å². The second-order valence-corrected chi connectivity index (χ2v) is 6.84. The summed E-state index contributed by atoms with van der Waals surface area (Å²) in [6.07, 6.45) is -4.81. The van der Waals surface area contributed by atoms with Crippen molar-refractivity contribution in [3.05, 3.63) is 77.2 Å². The number of alkyl halides is 3. The van der Waals surface area contributed by atoms with Gasteiger partial charge in [0, 0.05) is 17.3 Å². The van der Waals surface area contributed by atoms with Crippen LogP contribution >= 0.6 is 11.6 Å². The summed E-state index contributed by atoms with van der Waals surface area (Å²) in [7, 11) is 0. The number of carboxylic acid groups (broad SMARTS) is 1. The summed E-state index contributed by atoms with van der Waals surface area (Å²) in [5.41, 5.74) is 2.82. The van der Waals surface area contributed by atoms with E-state index in [4.69, 9.17) is 16.3 Å². The number of hydrogen-bond acceptors (Lipinski definition) is 4. The molecule has 0 saturated carbocycles. The Morgan fingerprint density at radius 2 is 1.63 bits per heavy atom. The molecule has 3 aromatic rings. The third-order valence-electron chi connectivity index (χ3n) is 4.25. The Balaban J connectivity index is 1.65. The van der Waals surface area contributed by atoms with Crippen molar-refractivity contribution in [2.75, 3.05) is 0 Å². The highest BCUT2D eigenvalue weighted by molar-refractivity contribution is 6.30. The minimum Gasteiger partial charge on any atom is -0.479 e. The molecule has 0 fully saturated rings. The number of halogens is 4. The number of aliphatic carboxylic acids is 1. The molecule has 30 heavy (non-hydrogen) atoms. The summed E-state index contributed by atoms with van der Waals surface area (Å²) in [6, 6.07) is 16.0. The molecule has 3 rings (SSSR count). The lowest BCUT2D eigenvalue weighted by Gasteiger charge is -2.15. The quantitative estimate of drug-likeness (QED) is 0.545. The number of aryl methyl sites for hydroxylation is 1. The molecule has 2 aromatic carbocycles. The second-order valence-electron chi connectivity index (χ2n) is 6.40. The number of carboxylic acids is 1. The molecule has 0 amide bonds. The molecule has 1 unspecified atom stereocenters. The van der Waals surface area contributed by atoms with Gasteiger partial charge in [-0.05, 0) is 41.7 Å². The average Bonchev–Trinajstić information content (AvgIpc) is 2.71. The van der Waals surface area contributed by atoms with Gasteiger partial charge in [-0.3, -0.25) is 0 Å². The zero-order valence-corrected chi connectivity index (χ0v) is 16.2. The molecule has 5 nitrogen and oxygen atoms in total. The molecule has 1 aromatic heterocycles. The van der Waals surface area contributed by atoms with Crippen molar-refractivity contribution >= 4 is 17.6 Å². The van der Waals surface area contributed by atoms with Gasteiger partial charge in [0.15, 0.2) is 6.10 Å². The van der Waals surface area contributed by atoms with Crippen LogP contribution in [0.25, 0.3) is 11.1 Å². The zero-order chi connectivity index (χ0) is 21.7. The van der Waals surface area contributed by atoms with Crippen LogP contribution < -0.4 is 4.74 Å². The highest BCUT2D eigenvalue weighted by Gasteiger charge is 2.35. The van der Waals surface area contributed by atoms with Gasteiger partial charge in [-0.1, -0.05) is 48.0 Å². The van der Waals surface area contributed by atoms with Crippen molar-refractivity contribution in [3.8, 4) is 17.0 Å². The molecule has 1 atom stereocenters. The number of rotatable bonds is 7. The Morgan fingerprint density at radius 1 is 1.03 bits per heavy atom. The standard InChI is InChI=1S/C21H16ClF3N2O3/c22-16-8-6-15(7-9-16)14-4-1-13(2-5-14)3-10-17(19(28)29)30-18-11-12-26-20(27-18)21(23,24)25/h1-2,4-9,11-12,17H,3,10H2,(H,28,29). The highest BCUT2D eigenvalue weighted by atomic mass is 35.5. The topological polar surface area (TPSA) is 72.3 Å². The van der Waals surface area contributed by atoms with E-state index in [2.05, 4.69) is 9.97 Å². The molecule has 0 spiro atoms. The van der Waals surface area contributed by atoms with E-state index >= 15 is 0 Å². The molecule has 9 heteroatoms. The molecule has 0 saturated heterocycles. The van der Waals surface area contributed by atoms with E-state index in [9.17, 15) is 23.1 Å². The van der Waals surface area contributed by atoms with Crippen molar-refractivity contribution in [3.63, 3.8) is 0 Å². The first-order valence-electron chi connectivity index (χ1n) is 8.87. The third kappa shape index (κ3) is 5.70. The number of aromatic nitrogens is 2. The van der Waals surface area contributed by atoms with Crippen molar-refractivity contribution in [2.24, 2.45) is 0 Å². The number of hydrogen-bond donors (Lipinski definition) is 1. The minimum absolute atomic E-state index is 0.0565. The van der Waals surface area contributed by atoms with E-state index in [-0.39, 0.29) is 6.42 Å². The molecule has 1 heterocycles. The minimum atomic E-state index is -4.75. The van der Waals surface area contributed by atoms with Crippen LogP contribution in [-0.4, -0.2) is 27.1 Å². The van der Waals surface area contributed by atoms with E-state index in [1.165, 1.54) is 0 Å². The normalized spacial score (nSPS) is 12.4. The maximum absolute atomic E-state index is 12.7. The monoisotopic (exact) mass is 436 g/mol. The van der Waals surface area contributed by atoms with Gasteiger partial charge in [-0.15, -0.1) is 0 Å². The summed E-state index contributed by atoms with van der Waals surface area (Å²) < 4.78 is 43.3. The number of nitrogens with zero attached hydrogens (tertiary/aromatic N) is 2. The summed E-state index contributed by atoms with van der Waals surface area (Å²) >= 11 is 5.89. The maximum atomic E-state index is 12.7. The fraction of sp³-hybridized carbons (Fsp3) is 0.190. The fourth-order valence-electron chi connectivity index (χ4n) is 2.73. The predicted octanol–water partition coefficient (Wildman–Crippen LogP) is 5.28. The molecular weight excluding hydrogens is 421 g/mol. The van der Waals surface area contributed by atoms with Gasteiger partial charge < -0.3 is 9.84 Å². The van der Waals surface area contributed by atoms with Gasteiger partial charge >= 0.3 is 12.1 Å². The molecular formula is C21H16ClF3N2O3. The lowest BCUT2D eigenvalue weighted by Crippen LogP contribution is -2.28. The molecule has 0 bridgehead atoms. The Kier molecular flexibility index (Phi) is 6.56. The summed E-state index contributed by atoms with van der Waals surface area (Å²) in [5, 5.41) is 10.00. The van der Waals surface area contributed by atoms with Crippen LogP contribution in [0.4, 0.5) is 13.2 Å². The number of carbonyl (C=O) groups is 1. The lowest BCUT2D eigenvalue weighted by molar-refractivity contribution is -0.146. The van der Waals surface area contributed by atoms with E-state index in [1.807, 2.05) is 36.4 Å². The Hall–Kier alpha value is -3.13. The van der Waals surface area contributed by atoms with E-state index in [0.29, 0.717) is 11.4 Å². The lowest BCUT2D eigenvalue weighted by atomic mass is 10.0. The predicted molar refractivity (Wildman–Crippen MR) is 104 cm³/mol. The van der Waals surface area contributed by atoms with Crippen LogP contribution in [0.5, 0.6) is 5.88 Å². The first kappa shape index (κ1) is 21.6. The van der Waals surface area contributed by atoms with Crippen LogP contribution in [0.3, 0.4) is 0 Å². The van der Waals surface area contributed by atoms with Crippen molar-refractivity contribution < 1.29 is 27.8 Å². The fourth-order valence-corrected chi connectivity index (χ4v) is 2.85. The first-order chi connectivity index (χ1) is 14.2. The summed E-state index contributed by atoms with van der Waals surface area (Å²) in [5.74, 6) is -3.12. The molecule has 0 aliphatic heterocycles. The number of benzene rings is 2. The third-order valence-corrected chi connectivity index (χ3v) is 4.50. The van der Waals surface area contributed by atoms with Crippen molar-refractivity contribution in [2.45, 2.75) is 25.1 Å². The highest BCUT2D eigenvalue weighted by Crippen LogP contribution is 2.27. The Bertz CT molecular complexity index is 1010. The van der Waals surface area contributed by atoms with Crippen LogP contribution in [-0.2, 0) is 17.4 Å². The van der Waals surface area contributed by atoms with Gasteiger partial charge in [0.25, 0.3) is 0 Å². The average molecular weight is 437 g/mol. The molecule has 0 aliphatic carbocycles. The summed E-state index contributed by atoms with van der Waals surface area (Å²) in [4.78, 5) is 17.8. The van der Waals surface area contributed by atoms with Crippen molar-refractivity contribution in [1.29, 1.82) is 0 Å². The SMILES string of the molecule is O=C(O)C(CCc1ccc(-c2ccc(Cl)cc2)cc1)Oc1ccnc(C(F)(F)F)n1. The Labute approximate surface area is 175 Å². The summed E-state index contributed by atoms with van der Waals surface area (Å²) in [6.45, 7) is 0. The zero-order valence-electron chi connectivity index (χ0n) is 15.4. The van der Waals surface area contributed by atoms with E-state index in [0.717, 1.165) is 29.0 Å². The van der Waals surface area contributed by atoms with Crippen LogP contribution in [0, 0.1) is 0 Å². The molecule has 156 valence electrons. The van der Waals surface area contributed by atoms with Gasteiger partial charge in [0.05, 0.1) is 0 Å². The van der Waals surface area contributed by atoms with Gasteiger partial charge in [-0.2, -0.15) is 18.2 Å². The second kappa shape index (κ2) is 9.13. The Morgan fingerprint density at radius 3 is 2.20 bits per heavy atom. The number of ether oxygens (including phenoxy) is 1. The molecule has 0 radical (unpaired) electrons. The smallest absolute Gasteiger partial charge is 0.451 e. The van der Waals surface area contributed by atoms with E-state index in [1.54, 1.807) is 12.1 Å². The van der Waals surface area contributed by atoms with Crippen molar-refractivity contribution in [1.82, 2.24) is 9.97 Å². The maximum Gasteiger partial charge on any atom is 0.451 e. The van der Waals surface area contributed by atoms with Crippen LogP contribution in [0.1, 0.15) is 17.8 Å². The van der Waals surface area contributed by atoms with Gasteiger partial charge in [0.1, 0.15) is 0 Å². The van der Waals surface area contributed by atoms with Crippen LogP contribution in [0.2, 0.25) is 5.02 Å². The molecule has 0 aliphatic rings.